The molecule has 0 saturated carbocycles. The van der Waals surface area contributed by atoms with Gasteiger partial charge in [-0.05, 0) is 30.5 Å². The zero-order valence-electron chi connectivity index (χ0n) is 11.2. The van der Waals surface area contributed by atoms with Gasteiger partial charge in [-0.3, -0.25) is 0 Å². The van der Waals surface area contributed by atoms with Crippen molar-refractivity contribution in [1.82, 2.24) is 0 Å². The first-order valence-electron chi connectivity index (χ1n) is 6.83. The lowest BCUT2D eigenvalue weighted by Gasteiger charge is -2.04. The van der Waals surface area contributed by atoms with Crippen LogP contribution in [-0.4, -0.2) is 11.3 Å². The summed E-state index contributed by atoms with van der Waals surface area (Å²) in [4.78, 5) is 0. The quantitative estimate of drug-likeness (QED) is 0.320. The molecule has 100 valence electrons. The molecular weight excluding hydrogens is 224 g/mol. The van der Waals surface area contributed by atoms with Gasteiger partial charge in [0.1, 0.15) is 5.75 Å². The van der Waals surface area contributed by atoms with E-state index in [0.29, 0.717) is 5.56 Å². The van der Waals surface area contributed by atoms with Crippen molar-refractivity contribution in [2.75, 3.05) is 0 Å². The van der Waals surface area contributed by atoms with Gasteiger partial charge in [0.2, 0.25) is 0 Å². The topological polar surface area (TPSA) is 58.6 Å². The van der Waals surface area contributed by atoms with E-state index < -0.39 is 0 Å². The molecule has 0 radical (unpaired) electrons. The van der Waals surface area contributed by atoms with Crippen LogP contribution >= 0.6 is 0 Å². The minimum absolute atomic E-state index is 0.232. The van der Waals surface area contributed by atoms with Crippen molar-refractivity contribution in [2.45, 2.75) is 51.9 Å². The smallest absolute Gasteiger partial charge is 0.124 e. The number of hydrazone groups is 1. The van der Waals surface area contributed by atoms with Crippen molar-refractivity contribution in [3.05, 3.63) is 29.3 Å². The van der Waals surface area contributed by atoms with E-state index in [2.05, 4.69) is 12.0 Å². The lowest BCUT2D eigenvalue weighted by molar-refractivity contribution is 0.474. The van der Waals surface area contributed by atoms with Gasteiger partial charge in [0.15, 0.2) is 0 Å². The third-order valence-electron chi connectivity index (χ3n) is 3.12. The minimum atomic E-state index is 0.232. The summed E-state index contributed by atoms with van der Waals surface area (Å²) in [5.41, 5.74) is 1.93. The number of rotatable bonds is 8. The molecular formula is C15H24N2O. The molecule has 3 heteroatoms. The van der Waals surface area contributed by atoms with Gasteiger partial charge >= 0.3 is 0 Å². The molecule has 0 amide bonds. The summed E-state index contributed by atoms with van der Waals surface area (Å²) in [5.74, 6) is 5.34. The number of hydrogen-bond acceptors (Lipinski definition) is 3. The number of aryl methyl sites for hydroxylation is 1. The number of nitrogens with two attached hydrogens (primary N) is 1. The molecule has 0 aliphatic carbocycles. The number of unbranched alkanes of at least 4 members (excludes halogenated alkanes) is 5. The number of nitrogens with zero attached hydrogens (tertiary/aromatic N) is 1. The number of benzene rings is 1. The van der Waals surface area contributed by atoms with Crippen molar-refractivity contribution in [3.63, 3.8) is 0 Å². The molecule has 0 aliphatic rings. The molecule has 0 saturated heterocycles. The molecule has 3 N–H and O–H groups in total. The highest BCUT2D eigenvalue weighted by Gasteiger charge is 2.00. The molecule has 0 unspecified atom stereocenters. The Bertz CT molecular complexity index is 375. The molecule has 0 aromatic heterocycles. The molecule has 1 rings (SSSR count). The molecule has 0 spiro atoms. The van der Waals surface area contributed by atoms with Crippen LogP contribution < -0.4 is 5.84 Å². The van der Waals surface area contributed by atoms with E-state index in [1.807, 2.05) is 12.1 Å². The first-order chi connectivity index (χ1) is 8.77. The Morgan fingerprint density at radius 3 is 2.61 bits per heavy atom. The zero-order valence-corrected chi connectivity index (χ0v) is 11.2. The van der Waals surface area contributed by atoms with Crippen LogP contribution in [0.4, 0.5) is 0 Å². The van der Waals surface area contributed by atoms with Gasteiger partial charge in [-0.15, -0.1) is 0 Å². The van der Waals surface area contributed by atoms with Gasteiger partial charge in [0.05, 0.1) is 6.21 Å². The second kappa shape index (κ2) is 8.56. The van der Waals surface area contributed by atoms with Crippen LogP contribution in [0.25, 0.3) is 0 Å². The van der Waals surface area contributed by atoms with E-state index >= 15 is 0 Å². The molecule has 1 aromatic rings. The predicted molar refractivity (Wildman–Crippen MR) is 77.0 cm³/mol. The number of phenolic OH excluding ortho intramolecular Hbond substituents is 1. The zero-order chi connectivity index (χ0) is 13.2. The van der Waals surface area contributed by atoms with Crippen molar-refractivity contribution < 1.29 is 5.11 Å². The summed E-state index contributed by atoms with van der Waals surface area (Å²) in [6.07, 6.45) is 10.3. The maximum atomic E-state index is 9.59. The van der Waals surface area contributed by atoms with Crippen LogP contribution in [0.5, 0.6) is 5.75 Å². The van der Waals surface area contributed by atoms with Crippen LogP contribution in [0.2, 0.25) is 0 Å². The third-order valence-corrected chi connectivity index (χ3v) is 3.12. The average Bonchev–Trinajstić information content (AvgIpc) is 2.37. The van der Waals surface area contributed by atoms with E-state index in [-0.39, 0.29) is 5.75 Å². The van der Waals surface area contributed by atoms with Crippen molar-refractivity contribution in [1.29, 1.82) is 0 Å². The molecule has 1 aromatic carbocycles. The SMILES string of the molecule is CCCCCCCCc1ccc(O)c(C=NN)c1. The van der Waals surface area contributed by atoms with Crippen molar-refractivity contribution >= 4 is 6.21 Å². The standard InChI is InChI=1S/C15H24N2O/c1-2-3-4-5-6-7-8-13-9-10-15(18)14(11-13)12-17-16/h9-12,18H,2-8,16H2,1H3. The summed E-state index contributed by atoms with van der Waals surface area (Å²) >= 11 is 0. The van der Waals surface area contributed by atoms with Crippen LogP contribution in [0, 0.1) is 0 Å². The first kappa shape index (κ1) is 14.6. The molecule has 18 heavy (non-hydrogen) atoms. The molecule has 0 bridgehead atoms. The molecule has 0 atom stereocenters. The number of aromatic hydroxyl groups is 1. The summed E-state index contributed by atoms with van der Waals surface area (Å²) in [7, 11) is 0. The van der Waals surface area contributed by atoms with Gasteiger partial charge in [-0.2, -0.15) is 5.10 Å². The van der Waals surface area contributed by atoms with Crippen LogP contribution in [0.15, 0.2) is 23.3 Å². The number of hydrogen-bond donors (Lipinski definition) is 2. The average molecular weight is 248 g/mol. The Morgan fingerprint density at radius 1 is 1.17 bits per heavy atom. The Kier molecular flexibility index (Phi) is 6.92. The summed E-state index contributed by atoms with van der Waals surface area (Å²) in [6, 6.07) is 5.64. The highest BCUT2D eigenvalue weighted by molar-refractivity contribution is 5.83. The van der Waals surface area contributed by atoms with Gasteiger partial charge in [0.25, 0.3) is 0 Å². The van der Waals surface area contributed by atoms with Gasteiger partial charge in [-0.25, -0.2) is 0 Å². The molecule has 0 heterocycles. The minimum Gasteiger partial charge on any atom is -0.507 e. The maximum absolute atomic E-state index is 9.59. The normalized spacial score (nSPS) is 11.2. The summed E-state index contributed by atoms with van der Waals surface area (Å²) in [6.45, 7) is 2.23. The fourth-order valence-corrected chi connectivity index (χ4v) is 2.05. The Hall–Kier alpha value is -1.51. The van der Waals surface area contributed by atoms with Gasteiger partial charge in [-0.1, -0.05) is 45.1 Å². The van der Waals surface area contributed by atoms with E-state index in [1.165, 1.54) is 50.3 Å². The van der Waals surface area contributed by atoms with Crippen molar-refractivity contribution in [2.24, 2.45) is 10.9 Å². The molecule has 3 nitrogen and oxygen atoms in total. The largest absolute Gasteiger partial charge is 0.507 e. The summed E-state index contributed by atoms with van der Waals surface area (Å²) in [5, 5.41) is 13.0. The fraction of sp³-hybridized carbons (Fsp3) is 0.533. The fourth-order valence-electron chi connectivity index (χ4n) is 2.05. The second-order valence-corrected chi connectivity index (χ2v) is 4.69. The van der Waals surface area contributed by atoms with Crippen LogP contribution in [-0.2, 0) is 6.42 Å². The first-order valence-corrected chi connectivity index (χ1v) is 6.83. The Morgan fingerprint density at radius 2 is 1.89 bits per heavy atom. The van der Waals surface area contributed by atoms with Crippen LogP contribution in [0.3, 0.4) is 0 Å². The predicted octanol–water partition coefficient (Wildman–Crippen LogP) is 3.59. The molecule has 0 fully saturated rings. The lowest BCUT2D eigenvalue weighted by Crippen LogP contribution is -1.91. The highest BCUT2D eigenvalue weighted by atomic mass is 16.3. The van der Waals surface area contributed by atoms with Crippen LogP contribution in [0.1, 0.15) is 56.6 Å². The number of phenols is 1. The van der Waals surface area contributed by atoms with Gasteiger partial charge < -0.3 is 10.9 Å². The maximum Gasteiger partial charge on any atom is 0.124 e. The Balaban J connectivity index is 2.36. The van der Waals surface area contributed by atoms with Crippen molar-refractivity contribution in [3.8, 4) is 5.75 Å². The van der Waals surface area contributed by atoms with E-state index in [9.17, 15) is 5.11 Å². The second-order valence-electron chi connectivity index (χ2n) is 4.69. The van der Waals surface area contributed by atoms with E-state index in [4.69, 9.17) is 5.84 Å². The highest BCUT2D eigenvalue weighted by Crippen LogP contribution is 2.18. The monoisotopic (exact) mass is 248 g/mol. The Labute approximate surface area is 110 Å². The lowest BCUT2D eigenvalue weighted by atomic mass is 10.0. The van der Waals surface area contributed by atoms with E-state index in [1.54, 1.807) is 6.07 Å². The summed E-state index contributed by atoms with van der Waals surface area (Å²) < 4.78 is 0. The van der Waals surface area contributed by atoms with Gasteiger partial charge in [0, 0.05) is 5.56 Å². The third kappa shape index (κ3) is 5.21. The molecule has 0 aliphatic heterocycles. The van der Waals surface area contributed by atoms with E-state index in [0.717, 1.165) is 6.42 Å².